The molecule has 1 aliphatic carbocycles. The van der Waals surface area contributed by atoms with Gasteiger partial charge in [-0.2, -0.15) is 0 Å². The minimum absolute atomic E-state index is 0.109. The van der Waals surface area contributed by atoms with Crippen molar-refractivity contribution < 1.29 is 13.6 Å². The smallest absolute Gasteiger partial charge is 0.245 e. The highest BCUT2D eigenvalue weighted by Gasteiger charge is 2.67. The van der Waals surface area contributed by atoms with E-state index < -0.39 is 22.8 Å². The number of nitrogens with zero attached hydrogens (tertiary/aromatic N) is 2. The number of thioether (sulfide) groups is 1. The van der Waals surface area contributed by atoms with Crippen molar-refractivity contribution in [3.8, 4) is 0 Å². The minimum Gasteiger partial charge on any atom is -0.399 e. The molecule has 0 unspecified atom stereocenters. The number of carbonyl (C=O) groups excluding carboxylic acids is 1. The Morgan fingerprint density at radius 2 is 2.20 bits per heavy atom. The predicted octanol–water partition coefficient (Wildman–Crippen LogP) is 2.04. The first kappa shape index (κ1) is 17.7. The van der Waals surface area contributed by atoms with E-state index in [0.717, 1.165) is 0 Å². The van der Waals surface area contributed by atoms with E-state index in [-0.39, 0.29) is 22.6 Å². The number of likely N-dealkylation sites (N-methyl/N-ethyl adjacent to an activating group) is 1. The van der Waals surface area contributed by atoms with Gasteiger partial charge in [0.15, 0.2) is 5.17 Å². The highest BCUT2D eigenvalue weighted by atomic mass is 32.2. The van der Waals surface area contributed by atoms with E-state index in [2.05, 4.69) is 4.99 Å². The number of rotatable bonds is 4. The zero-order chi connectivity index (χ0) is 18.4. The molecular formula is C17H20F2N4OS. The highest BCUT2D eigenvalue weighted by Crippen LogP contribution is 2.66. The molecule has 1 heterocycles. The number of amidine groups is 1. The largest absolute Gasteiger partial charge is 0.399 e. The number of nitrogens with two attached hydrogens (primary N) is 2. The maximum atomic E-state index is 14.4. The van der Waals surface area contributed by atoms with Crippen molar-refractivity contribution in [2.45, 2.75) is 16.7 Å². The lowest BCUT2D eigenvalue weighted by Gasteiger charge is -2.34. The highest BCUT2D eigenvalue weighted by molar-refractivity contribution is 8.15. The van der Waals surface area contributed by atoms with Gasteiger partial charge in [-0.15, -0.1) is 0 Å². The summed E-state index contributed by atoms with van der Waals surface area (Å²) in [5.74, 6) is -1.04. The molecule has 0 radical (unpaired) electrons. The van der Waals surface area contributed by atoms with Crippen LogP contribution in [0.25, 0.3) is 0 Å². The fourth-order valence-corrected chi connectivity index (χ4v) is 4.66. The molecule has 134 valence electrons. The van der Waals surface area contributed by atoms with Crippen LogP contribution in [-0.4, -0.2) is 41.5 Å². The molecule has 1 aliphatic heterocycles. The van der Waals surface area contributed by atoms with E-state index in [0.29, 0.717) is 12.1 Å². The molecule has 0 aromatic heterocycles. The molecule has 1 saturated carbocycles. The second-order valence-corrected chi connectivity index (χ2v) is 8.01. The Labute approximate surface area is 149 Å². The number of halogens is 2. The second-order valence-electron chi connectivity index (χ2n) is 6.63. The average Bonchev–Trinajstić information content (AvgIpc) is 3.29. The van der Waals surface area contributed by atoms with Crippen molar-refractivity contribution in [1.29, 1.82) is 0 Å². The van der Waals surface area contributed by atoms with E-state index >= 15 is 0 Å². The fraction of sp³-hybridized carbons (Fsp3) is 0.412. The number of benzene rings is 1. The summed E-state index contributed by atoms with van der Waals surface area (Å²) in [6.07, 6.45) is 3.74. The summed E-state index contributed by atoms with van der Waals surface area (Å²) < 4.78 is 28.1. The summed E-state index contributed by atoms with van der Waals surface area (Å²) in [4.78, 5) is 17.6. The van der Waals surface area contributed by atoms with E-state index in [4.69, 9.17) is 11.5 Å². The molecule has 5 nitrogen and oxygen atoms in total. The molecule has 8 heteroatoms. The quantitative estimate of drug-likeness (QED) is 0.631. The van der Waals surface area contributed by atoms with Crippen molar-refractivity contribution in [3.05, 3.63) is 41.7 Å². The maximum absolute atomic E-state index is 14.4. The number of alkyl halides is 1. The zero-order valence-corrected chi connectivity index (χ0v) is 14.8. The maximum Gasteiger partial charge on any atom is 0.245 e. The summed E-state index contributed by atoms with van der Waals surface area (Å²) in [5, 5.41) is 0.176. The van der Waals surface area contributed by atoms with Crippen LogP contribution in [0.2, 0.25) is 0 Å². The molecule has 3 atom stereocenters. The van der Waals surface area contributed by atoms with E-state index in [1.54, 1.807) is 20.2 Å². The Bertz CT molecular complexity index is 782. The van der Waals surface area contributed by atoms with Gasteiger partial charge in [-0.25, -0.2) is 13.8 Å². The number of anilines is 1. The van der Waals surface area contributed by atoms with Crippen molar-refractivity contribution in [1.82, 2.24) is 4.90 Å². The van der Waals surface area contributed by atoms with Gasteiger partial charge in [0.2, 0.25) is 5.91 Å². The number of nitrogen functional groups attached to an aromatic ring is 1. The third kappa shape index (κ3) is 2.88. The summed E-state index contributed by atoms with van der Waals surface area (Å²) in [7, 11) is 3.29. The Kier molecular flexibility index (Phi) is 4.26. The molecular weight excluding hydrogens is 346 g/mol. The van der Waals surface area contributed by atoms with Crippen molar-refractivity contribution in [3.63, 3.8) is 0 Å². The molecule has 4 N–H and O–H groups in total. The van der Waals surface area contributed by atoms with Crippen LogP contribution in [0.15, 0.2) is 35.3 Å². The summed E-state index contributed by atoms with van der Waals surface area (Å²) in [6, 6.07) is 4.05. The Hall–Kier alpha value is -2.09. The van der Waals surface area contributed by atoms with Crippen LogP contribution < -0.4 is 11.5 Å². The molecule has 0 spiro atoms. The molecule has 1 aromatic rings. The molecule has 0 bridgehead atoms. The molecule has 3 rings (SSSR count). The van der Waals surface area contributed by atoms with Gasteiger partial charge in [-0.05, 0) is 24.6 Å². The van der Waals surface area contributed by atoms with Crippen molar-refractivity contribution in [2.24, 2.45) is 16.6 Å². The summed E-state index contributed by atoms with van der Waals surface area (Å²) in [6.45, 7) is -0.892. The van der Waals surface area contributed by atoms with Gasteiger partial charge in [0.1, 0.15) is 18.0 Å². The van der Waals surface area contributed by atoms with Gasteiger partial charge in [0.25, 0.3) is 0 Å². The minimum atomic E-state index is -1.42. The van der Waals surface area contributed by atoms with Gasteiger partial charge in [-0.1, -0.05) is 17.8 Å². The van der Waals surface area contributed by atoms with Crippen LogP contribution in [0, 0.1) is 11.7 Å². The Balaban J connectivity index is 2.03. The average molecular weight is 366 g/mol. The van der Waals surface area contributed by atoms with Crippen LogP contribution in [0.3, 0.4) is 0 Å². The SMILES string of the molecule is CN(C)C(=O)C=C[C@]12C[C@H]1[C@@](CF)(c1cc(N)ccc1F)N=C(N)S2. The molecule has 1 fully saturated rings. The summed E-state index contributed by atoms with van der Waals surface area (Å²) >= 11 is 1.29. The molecule has 1 amide bonds. The zero-order valence-electron chi connectivity index (χ0n) is 14.0. The van der Waals surface area contributed by atoms with Gasteiger partial charge in [0, 0.05) is 42.1 Å². The Morgan fingerprint density at radius 3 is 2.84 bits per heavy atom. The lowest BCUT2D eigenvalue weighted by molar-refractivity contribution is -0.123. The number of hydrogen-bond donors (Lipinski definition) is 2. The van der Waals surface area contributed by atoms with Crippen LogP contribution in [0.4, 0.5) is 14.5 Å². The van der Waals surface area contributed by atoms with Gasteiger partial charge in [-0.3, -0.25) is 4.79 Å². The molecule has 0 saturated heterocycles. The van der Waals surface area contributed by atoms with Gasteiger partial charge in [0.05, 0.1) is 0 Å². The standard InChI is InChI=1S/C17H20F2N4OS/c1-23(2)14(24)5-6-16-8-13(16)17(9-18,22-15(21)25-16)11-7-10(20)3-4-12(11)19/h3-7,13H,8-9,20H2,1-2H3,(H2,21,22)/t13-,16+,17-/m1/s1. The first-order valence-corrected chi connectivity index (χ1v) is 8.62. The lowest BCUT2D eigenvalue weighted by Crippen LogP contribution is -2.39. The fourth-order valence-electron chi connectivity index (χ4n) is 3.34. The third-order valence-corrected chi connectivity index (χ3v) is 6.01. The lowest BCUT2D eigenvalue weighted by atomic mass is 9.84. The Morgan fingerprint density at radius 1 is 1.48 bits per heavy atom. The molecule has 1 aromatic carbocycles. The number of aliphatic imine (C=N–C) groups is 1. The number of carbonyl (C=O) groups is 1. The second kappa shape index (κ2) is 6.01. The van der Waals surface area contributed by atoms with Gasteiger partial charge >= 0.3 is 0 Å². The third-order valence-electron chi connectivity index (χ3n) is 4.74. The van der Waals surface area contributed by atoms with Crippen LogP contribution >= 0.6 is 11.8 Å². The topological polar surface area (TPSA) is 84.7 Å². The first-order chi connectivity index (χ1) is 11.7. The van der Waals surface area contributed by atoms with E-state index in [1.165, 1.54) is 40.9 Å². The normalized spacial score (nSPS) is 30.7. The predicted molar refractivity (Wildman–Crippen MR) is 96.4 cm³/mol. The number of fused-ring (bicyclic) bond motifs is 1. The number of amides is 1. The van der Waals surface area contributed by atoms with E-state index in [9.17, 15) is 13.6 Å². The monoisotopic (exact) mass is 366 g/mol. The molecule has 2 aliphatic rings. The first-order valence-electron chi connectivity index (χ1n) is 7.80. The van der Waals surface area contributed by atoms with Crippen LogP contribution in [0.1, 0.15) is 12.0 Å². The summed E-state index contributed by atoms with van der Waals surface area (Å²) in [5.41, 5.74) is 10.7. The van der Waals surface area contributed by atoms with Crippen LogP contribution in [0.5, 0.6) is 0 Å². The van der Waals surface area contributed by atoms with Crippen LogP contribution in [-0.2, 0) is 10.3 Å². The van der Waals surface area contributed by atoms with Crippen molar-refractivity contribution in [2.75, 3.05) is 26.5 Å². The molecule has 25 heavy (non-hydrogen) atoms. The van der Waals surface area contributed by atoms with Crippen molar-refractivity contribution >= 4 is 28.5 Å². The number of hydrogen-bond acceptors (Lipinski definition) is 5. The van der Waals surface area contributed by atoms with E-state index in [1.807, 2.05) is 0 Å². The van der Waals surface area contributed by atoms with Gasteiger partial charge < -0.3 is 16.4 Å².